The minimum absolute atomic E-state index is 0.0127. The summed E-state index contributed by atoms with van der Waals surface area (Å²) in [7, 11) is 3.47. The van der Waals surface area contributed by atoms with Gasteiger partial charge in [-0.15, -0.1) is 0 Å². The molecule has 1 amide bonds. The van der Waals surface area contributed by atoms with Crippen LogP contribution >= 0.6 is 0 Å². The van der Waals surface area contributed by atoms with E-state index in [1.807, 2.05) is 30.3 Å². The Hall–Kier alpha value is -2.29. The number of carbonyl (C=O) groups excluding carboxylic acids is 1. The second-order valence-electron chi connectivity index (χ2n) is 4.14. The lowest BCUT2D eigenvalue weighted by atomic mass is 10.2. The first kappa shape index (κ1) is 12.2. The van der Waals surface area contributed by atoms with Crippen molar-refractivity contribution in [3.05, 3.63) is 60.2 Å². The number of carbonyl (C=O) groups is 1. The number of ether oxygens (including phenoxy) is 1. The van der Waals surface area contributed by atoms with Crippen LogP contribution in [0.5, 0.6) is 11.5 Å². The molecule has 92 valence electrons. The molecule has 0 aliphatic rings. The quantitative estimate of drug-likeness (QED) is 0.826. The maximum atomic E-state index is 11.7. The van der Waals surface area contributed by atoms with Gasteiger partial charge < -0.3 is 9.64 Å². The van der Waals surface area contributed by atoms with Crippen molar-refractivity contribution >= 4 is 5.91 Å². The van der Waals surface area contributed by atoms with Gasteiger partial charge in [-0.2, -0.15) is 0 Å². The molecule has 0 fully saturated rings. The third-order valence-electron chi connectivity index (χ3n) is 2.49. The van der Waals surface area contributed by atoms with E-state index in [0.29, 0.717) is 5.56 Å². The van der Waals surface area contributed by atoms with Crippen LogP contribution in [0.4, 0.5) is 0 Å². The first-order valence-electron chi connectivity index (χ1n) is 5.71. The van der Waals surface area contributed by atoms with Gasteiger partial charge in [0.15, 0.2) is 0 Å². The largest absolute Gasteiger partial charge is 0.457 e. The van der Waals surface area contributed by atoms with Gasteiger partial charge in [-0.1, -0.05) is 18.2 Å². The molecule has 18 heavy (non-hydrogen) atoms. The first-order chi connectivity index (χ1) is 8.66. The monoisotopic (exact) mass is 241 g/mol. The van der Waals surface area contributed by atoms with Crippen LogP contribution in [0, 0.1) is 0 Å². The van der Waals surface area contributed by atoms with Crippen LogP contribution in [-0.4, -0.2) is 24.9 Å². The molecule has 3 heteroatoms. The highest BCUT2D eigenvalue weighted by Crippen LogP contribution is 2.21. The van der Waals surface area contributed by atoms with E-state index in [-0.39, 0.29) is 5.91 Å². The summed E-state index contributed by atoms with van der Waals surface area (Å²) >= 11 is 0. The summed E-state index contributed by atoms with van der Waals surface area (Å²) in [6, 6.07) is 16.7. The van der Waals surface area contributed by atoms with Crippen molar-refractivity contribution in [2.24, 2.45) is 0 Å². The van der Waals surface area contributed by atoms with Crippen molar-refractivity contribution in [1.29, 1.82) is 0 Å². The van der Waals surface area contributed by atoms with Gasteiger partial charge in [-0.3, -0.25) is 4.79 Å². The molecule has 0 aliphatic carbocycles. The van der Waals surface area contributed by atoms with Crippen LogP contribution in [-0.2, 0) is 0 Å². The summed E-state index contributed by atoms with van der Waals surface area (Å²) in [5.41, 5.74) is 0.653. The lowest BCUT2D eigenvalue weighted by Crippen LogP contribution is -2.21. The van der Waals surface area contributed by atoms with Gasteiger partial charge in [0.25, 0.3) is 5.91 Å². The van der Waals surface area contributed by atoms with Crippen molar-refractivity contribution in [3.63, 3.8) is 0 Å². The summed E-state index contributed by atoms with van der Waals surface area (Å²) in [4.78, 5) is 13.2. The van der Waals surface area contributed by atoms with E-state index in [1.54, 1.807) is 43.3 Å². The predicted octanol–water partition coefficient (Wildman–Crippen LogP) is 3.18. The molecular formula is C15H15NO2. The maximum Gasteiger partial charge on any atom is 0.253 e. The smallest absolute Gasteiger partial charge is 0.253 e. The number of rotatable bonds is 3. The Labute approximate surface area is 107 Å². The summed E-state index contributed by atoms with van der Waals surface area (Å²) in [5, 5.41) is 0. The zero-order chi connectivity index (χ0) is 13.0. The molecule has 2 aromatic rings. The predicted molar refractivity (Wildman–Crippen MR) is 71.0 cm³/mol. The number of amides is 1. The number of nitrogens with zero attached hydrogens (tertiary/aromatic N) is 1. The zero-order valence-corrected chi connectivity index (χ0v) is 10.5. The molecule has 2 rings (SSSR count). The Morgan fingerprint density at radius 2 is 1.44 bits per heavy atom. The summed E-state index contributed by atoms with van der Waals surface area (Å²) in [6.45, 7) is 0. The summed E-state index contributed by atoms with van der Waals surface area (Å²) in [6.07, 6.45) is 0. The molecule has 3 nitrogen and oxygen atoms in total. The van der Waals surface area contributed by atoms with Crippen LogP contribution in [0.15, 0.2) is 54.6 Å². The van der Waals surface area contributed by atoms with Gasteiger partial charge in [0.1, 0.15) is 11.5 Å². The lowest BCUT2D eigenvalue weighted by Gasteiger charge is -2.10. The average molecular weight is 241 g/mol. The second kappa shape index (κ2) is 5.36. The molecule has 0 N–H and O–H groups in total. The Kier molecular flexibility index (Phi) is 3.63. The van der Waals surface area contributed by atoms with E-state index in [0.717, 1.165) is 11.5 Å². The maximum absolute atomic E-state index is 11.7. The van der Waals surface area contributed by atoms with E-state index in [9.17, 15) is 4.79 Å². The van der Waals surface area contributed by atoms with Gasteiger partial charge in [0, 0.05) is 19.7 Å². The Bertz CT molecular complexity index is 518. The molecule has 0 saturated heterocycles. The molecule has 0 heterocycles. The van der Waals surface area contributed by atoms with Crippen molar-refractivity contribution in [1.82, 2.24) is 4.90 Å². The van der Waals surface area contributed by atoms with Gasteiger partial charge in [-0.25, -0.2) is 0 Å². The van der Waals surface area contributed by atoms with Crippen molar-refractivity contribution in [3.8, 4) is 11.5 Å². The van der Waals surface area contributed by atoms with Crippen LogP contribution in [0.1, 0.15) is 10.4 Å². The topological polar surface area (TPSA) is 29.5 Å². The second-order valence-corrected chi connectivity index (χ2v) is 4.14. The molecular weight excluding hydrogens is 226 g/mol. The summed E-state index contributed by atoms with van der Waals surface area (Å²) in [5.74, 6) is 1.49. The number of hydrogen-bond acceptors (Lipinski definition) is 2. The molecule has 0 aliphatic heterocycles. The molecule has 0 aromatic heterocycles. The Morgan fingerprint density at radius 1 is 0.889 bits per heavy atom. The fraction of sp³-hybridized carbons (Fsp3) is 0.133. The van der Waals surface area contributed by atoms with Crippen LogP contribution < -0.4 is 4.74 Å². The van der Waals surface area contributed by atoms with Crippen molar-refractivity contribution in [2.75, 3.05) is 14.1 Å². The van der Waals surface area contributed by atoms with Crippen LogP contribution in [0.2, 0.25) is 0 Å². The fourth-order valence-electron chi connectivity index (χ4n) is 1.55. The first-order valence-corrected chi connectivity index (χ1v) is 5.71. The van der Waals surface area contributed by atoms with Crippen LogP contribution in [0.3, 0.4) is 0 Å². The molecule has 0 unspecified atom stereocenters. The number of hydrogen-bond donors (Lipinski definition) is 0. The van der Waals surface area contributed by atoms with Crippen molar-refractivity contribution < 1.29 is 9.53 Å². The number of para-hydroxylation sites is 1. The van der Waals surface area contributed by atoms with E-state index in [2.05, 4.69) is 0 Å². The van der Waals surface area contributed by atoms with E-state index in [4.69, 9.17) is 4.74 Å². The molecule has 2 aromatic carbocycles. The number of benzene rings is 2. The normalized spacial score (nSPS) is 9.89. The Balaban J connectivity index is 2.11. The average Bonchev–Trinajstić information content (AvgIpc) is 2.40. The SMILES string of the molecule is CN(C)C(=O)c1ccc(Oc2ccccc2)cc1. The molecule has 0 atom stereocenters. The van der Waals surface area contributed by atoms with Crippen molar-refractivity contribution in [2.45, 2.75) is 0 Å². The lowest BCUT2D eigenvalue weighted by molar-refractivity contribution is 0.0827. The third kappa shape index (κ3) is 2.88. The van der Waals surface area contributed by atoms with Gasteiger partial charge in [0.2, 0.25) is 0 Å². The minimum atomic E-state index is -0.0127. The third-order valence-corrected chi connectivity index (χ3v) is 2.49. The Morgan fingerprint density at radius 3 is 2.00 bits per heavy atom. The molecule has 0 radical (unpaired) electrons. The zero-order valence-electron chi connectivity index (χ0n) is 10.5. The fourth-order valence-corrected chi connectivity index (χ4v) is 1.55. The van der Waals surface area contributed by atoms with Gasteiger partial charge in [0.05, 0.1) is 0 Å². The highest BCUT2D eigenvalue weighted by molar-refractivity contribution is 5.93. The van der Waals surface area contributed by atoms with E-state index >= 15 is 0 Å². The van der Waals surface area contributed by atoms with Gasteiger partial charge >= 0.3 is 0 Å². The molecule has 0 saturated carbocycles. The highest BCUT2D eigenvalue weighted by atomic mass is 16.5. The highest BCUT2D eigenvalue weighted by Gasteiger charge is 2.07. The standard InChI is InChI=1S/C15H15NO2/c1-16(2)15(17)12-8-10-14(11-9-12)18-13-6-4-3-5-7-13/h3-11H,1-2H3. The molecule has 0 bridgehead atoms. The van der Waals surface area contributed by atoms with E-state index < -0.39 is 0 Å². The minimum Gasteiger partial charge on any atom is -0.457 e. The van der Waals surface area contributed by atoms with E-state index in [1.165, 1.54) is 0 Å². The van der Waals surface area contributed by atoms with Crippen LogP contribution in [0.25, 0.3) is 0 Å². The molecule has 0 spiro atoms. The van der Waals surface area contributed by atoms with Gasteiger partial charge in [-0.05, 0) is 36.4 Å². The summed E-state index contributed by atoms with van der Waals surface area (Å²) < 4.78 is 5.65.